The molecule has 0 radical (unpaired) electrons. The number of aromatic nitrogens is 3. The Bertz CT molecular complexity index is 3520. The highest BCUT2D eigenvalue weighted by atomic mass is 16.3. The van der Waals surface area contributed by atoms with E-state index in [1.54, 1.807) is 0 Å². The first-order valence-corrected chi connectivity index (χ1v) is 24.7. The first-order chi connectivity index (χ1) is 33.7. The third kappa shape index (κ3) is 8.87. The molecule has 0 aliphatic rings. The van der Waals surface area contributed by atoms with Crippen LogP contribution in [-0.4, -0.2) is 19.6 Å². The van der Waals surface area contributed by atoms with Crippen molar-refractivity contribution in [2.24, 2.45) is 0 Å². The van der Waals surface area contributed by atoms with Crippen LogP contribution in [0.2, 0.25) is 0 Å². The molecular formula is C66H61N3O. The molecule has 0 amide bonds. The van der Waals surface area contributed by atoms with E-state index in [0.717, 1.165) is 94.7 Å². The van der Waals surface area contributed by atoms with Gasteiger partial charge in [-0.2, -0.15) is 0 Å². The number of aromatic hydroxyl groups is 1. The monoisotopic (exact) mass is 911 g/mol. The maximum absolute atomic E-state index is 12.6. The number of rotatable bonds is 10. The van der Waals surface area contributed by atoms with Crippen molar-refractivity contribution in [3.05, 3.63) is 216 Å². The summed E-state index contributed by atoms with van der Waals surface area (Å²) in [5.74, 6) is 1.26. The zero-order valence-electron chi connectivity index (χ0n) is 41.8. The molecule has 1 N–H and O–H groups in total. The van der Waals surface area contributed by atoms with Gasteiger partial charge in [-0.25, -0.2) is 4.98 Å². The average Bonchev–Trinajstić information content (AvgIpc) is 3.76. The molecule has 0 aliphatic heterocycles. The number of phenolic OH excluding ortho intramolecular Hbond substituents is 1. The van der Waals surface area contributed by atoms with Gasteiger partial charge in [0.25, 0.3) is 0 Å². The summed E-state index contributed by atoms with van der Waals surface area (Å²) in [5.41, 5.74) is 22.1. The molecule has 2 aromatic heterocycles. The third-order valence-electron chi connectivity index (χ3n) is 13.9. The van der Waals surface area contributed by atoms with Crippen molar-refractivity contribution < 1.29 is 5.11 Å². The molecule has 0 saturated carbocycles. The Morgan fingerprint density at radius 2 is 1.11 bits per heavy atom. The molecule has 4 heteroatoms. The maximum atomic E-state index is 12.6. The van der Waals surface area contributed by atoms with Gasteiger partial charge in [0.15, 0.2) is 0 Å². The molecule has 0 aliphatic carbocycles. The van der Waals surface area contributed by atoms with E-state index in [4.69, 9.17) is 9.97 Å². The molecule has 10 aromatic rings. The summed E-state index contributed by atoms with van der Waals surface area (Å²) in [4.78, 5) is 10.7. The Morgan fingerprint density at radius 1 is 0.486 bits per heavy atom. The Kier molecular flexibility index (Phi) is 12.2. The molecule has 0 atom stereocenters. The van der Waals surface area contributed by atoms with E-state index in [-0.39, 0.29) is 23.0 Å². The van der Waals surface area contributed by atoms with Crippen LogP contribution < -0.4 is 0 Å². The van der Waals surface area contributed by atoms with E-state index in [0.29, 0.717) is 11.4 Å². The van der Waals surface area contributed by atoms with E-state index >= 15 is 0 Å². The second kappa shape index (κ2) is 18.6. The topological polar surface area (TPSA) is 50.9 Å². The molecule has 70 heavy (non-hydrogen) atoms. The van der Waals surface area contributed by atoms with Crippen LogP contribution >= 0.6 is 0 Å². The van der Waals surface area contributed by atoms with Gasteiger partial charge in [0, 0.05) is 22.9 Å². The minimum absolute atomic E-state index is 0.00326. The van der Waals surface area contributed by atoms with Crippen molar-refractivity contribution in [2.75, 3.05) is 0 Å². The van der Waals surface area contributed by atoms with Gasteiger partial charge in [-0.3, -0.25) is 9.55 Å². The van der Waals surface area contributed by atoms with E-state index in [1.165, 1.54) is 16.7 Å². The number of hydrogen-bond donors (Lipinski definition) is 1. The van der Waals surface area contributed by atoms with Crippen LogP contribution in [0.3, 0.4) is 0 Å². The molecule has 2 heterocycles. The van der Waals surface area contributed by atoms with Crippen LogP contribution in [0, 0.1) is 13.8 Å². The fraction of sp³-hybridized carbons (Fsp3) is 0.182. The molecule has 4 nitrogen and oxygen atoms in total. The highest BCUT2D eigenvalue weighted by molar-refractivity contribution is 5.99. The summed E-state index contributed by atoms with van der Waals surface area (Å²) < 4.78 is 2.32. The normalized spacial score (nSPS) is 11.8. The van der Waals surface area contributed by atoms with Crippen molar-refractivity contribution in [2.45, 2.75) is 79.6 Å². The highest BCUT2D eigenvalue weighted by Gasteiger charge is 2.26. The lowest BCUT2D eigenvalue weighted by Gasteiger charge is -2.22. The minimum atomic E-state index is 0.00326. The van der Waals surface area contributed by atoms with Gasteiger partial charge >= 0.3 is 0 Å². The van der Waals surface area contributed by atoms with Gasteiger partial charge in [-0.1, -0.05) is 181 Å². The largest absolute Gasteiger partial charge is 0.507 e. The predicted octanol–water partition coefficient (Wildman–Crippen LogP) is 18.0. The Morgan fingerprint density at radius 3 is 1.79 bits per heavy atom. The maximum Gasteiger partial charge on any atom is 0.149 e. The third-order valence-corrected chi connectivity index (χ3v) is 13.9. The summed E-state index contributed by atoms with van der Waals surface area (Å²) in [5, 5.41) is 12.6. The summed E-state index contributed by atoms with van der Waals surface area (Å²) in [7, 11) is 0. The number of imidazole rings is 1. The number of pyridine rings is 1. The molecule has 0 unspecified atom stereocenters. The van der Waals surface area contributed by atoms with E-state index in [1.807, 2.05) is 6.20 Å². The van der Waals surface area contributed by atoms with Crippen LogP contribution in [0.25, 0.3) is 95.0 Å². The first kappa shape index (κ1) is 45.9. The second-order valence-electron chi connectivity index (χ2n) is 20.6. The fourth-order valence-electron chi connectivity index (χ4n) is 9.81. The number of benzene rings is 8. The zero-order valence-corrected chi connectivity index (χ0v) is 41.8. The molecule has 0 saturated heterocycles. The van der Waals surface area contributed by atoms with Crippen LogP contribution in [0.1, 0.15) is 88.1 Å². The van der Waals surface area contributed by atoms with Crippen LogP contribution in [0.4, 0.5) is 0 Å². The molecule has 0 spiro atoms. The SMILES string of the molecule is Cc1ccc(-c2ccnc(-c3cc(-c4ccccc4)cc(-c4cccc5c4nc(-c4cc(C(C)C)cc(C(C)C)c4O)n5-c4cc(-c5ccccc5)c(C)cc4-c4ccc(C(C)(C)C)cc4)c3)c2)cc1. The summed E-state index contributed by atoms with van der Waals surface area (Å²) in [6, 6.07) is 65.6. The van der Waals surface area contributed by atoms with Crippen molar-refractivity contribution in [1.82, 2.24) is 14.5 Å². The van der Waals surface area contributed by atoms with Crippen LogP contribution in [-0.2, 0) is 5.41 Å². The average molecular weight is 912 g/mol. The number of para-hydroxylation sites is 1. The lowest BCUT2D eigenvalue weighted by Crippen LogP contribution is -2.10. The summed E-state index contributed by atoms with van der Waals surface area (Å²) in [6.45, 7) is 19.8. The van der Waals surface area contributed by atoms with Crippen molar-refractivity contribution in [1.29, 1.82) is 0 Å². The highest BCUT2D eigenvalue weighted by Crippen LogP contribution is 2.46. The van der Waals surface area contributed by atoms with Crippen LogP contribution in [0.5, 0.6) is 5.75 Å². The Balaban J connectivity index is 1.29. The lowest BCUT2D eigenvalue weighted by atomic mass is 9.85. The van der Waals surface area contributed by atoms with Gasteiger partial charge in [-0.15, -0.1) is 0 Å². The van der Waals surface area contributed by atoms with Crippen molar-refractivity contribution in [3.63, 3.8) is 0 Å². The molecule has 346 valence electrons. The smallest absolute Gasteiger partial charge is 0.149 e. The van der Waals surface area contributed by atoms with Crippen LogP contribution in [0.15, 0.2) is 188 Å². The Labute approximate surface area is 414 Å². The first-order valence-electron chi connectivity index (χ1n) is 24.7. The quantitative estimate of drug-likeness (QED) is 0.149. The van der Waals surface area contributed by atoms with Crippen molar-refractivity contribution in [3.8, 4) is 89.7 Å². The number of hydrogen-bond acceptors (Lipinski definition) is 3. The minimum Gasteiger partial charge on any atom is -0.507 e. The van der Waals surface area contributed by atoms with E-state index < -0.39 is 0 Å². The van der Waals surface area contributed by atoms with Gasteiger partial charge < -0.3 is 5.11 Å². The number of fused-ring (bicyclic) bond motifs is 1. The van der Waals surface area contributed by atoms with Gasteiger partial charge in [0.1, 0.15) is 11.6 Å². The zero-order chi connectivity index (χ0) is 48.8. The molecule has 0 fully saturated rings. The number of aryl methyl sites for hydroxylation is 2. The fourth-order valence-corrected chi connectivity index (χ4v) is 9.81. The van der Waals surface area contributed by atoms with Gasteiger partial charge in [0.2, 0.25) is 0 Å². The molecule has 8 aromatic carbocycles. The number of phenols is 1. The van der Waals surface area contributed by atoms with Gasteiger partial charge in [-0.05, 0) is 152 Å². The summed E-state index contributed by atoms with van der Waals surface area (Å²) in [6.07, 6.45) is 1.91. The summed E-state index contributed by atoms with van der Waals surface area (Å²) >= 11 is 0. The standard InChI is InChI=1S/C66H61N3O/c1-41(2)50-37-56(42(3)4)64(70)59(38-50)65-68-63-55(52-34-51(45-17-12-10-13-18-45)35-53(36-52)60-39-49(31-32-67-60)46-25-23-43(5)24-26-46)21-16-22-61(63)69(65)62-40-57(47-19-14-11-15-20-47)44(6)33-58(62)48-27-29-54(30-28-48)66(7,8)9/h10-42,70H,1-9H3. The van der Waals surface area contributed by atoms with E-state index in [9.17, 15) is 5.11 Å². The predicted molar refractivity (Wildman–Crippen MR) is 295 cm³/mol. The Hall–Kier alpha value is -7.82. The van der Waals surface area contributed by atoms with Gasteiger partial charge in [0.05, 0.1) is 28.0 Å². The van der Waals surface area contributed by atoms with Crippen molar-refractivity contribution >= 4 is 11.0 Å². The molecule has 0 bridgehead atoms. The number of nitrogens with zero attached hydrogens (tertiary/aromatic N) is 3. The van der Waals surface area contributed by atoms with E-state index in [2.05, 4.69) is 249 Å². The second-order valence-corrected chi connectivity index (χ2v) is 20.6. The molecular weight excluding hydrogens is 851 g/mol. The lowest BCUT2D eigenvalue weighted by molar-refractivity contribution is 0.466. The molecule has 10 rings (SSSR count).